The van der Waals surface area contributed by atoms with E-state index in [9.17, 15) is 4.39 Å². The topological polar surface area (TPSA) is 15.3 Å². The molecule has 0 bridgehead atoms. The van der Waals surface area contributed by atoms with E-state index in [0.717, 1.165) is 31.2 Å². The van der Waals surface area contributed by atoms with Gasteiger partial charge in [-0.2, -0.15) is 0 Å². The minimum atomic E-state index is -0.386. The van der Waals surface area contributed by atoms with Gasteiger partial charge < -0.3 is 10.2 Å². The van der Waals surface area contributed by atoms with Crippen LogP contribution in [-0.2, 0) is 0 Å². The van der Waals surface area contributed by atoms with E-state index in [1.54, 1.807) is 0 Å². The molecule has 18 heavy (non-hydrogen) atoms. The lowest BCUT2D eigenvalue weighted by molar-refractivity contribution is 0.419. The van der Waals surface area contributed by atoms with Crippen LogP contribution in [-0.4, -0.2) is 25.7 Å². The van der Waals surface area contributed by atoms with Gasteiger partial charge in [-0.15, -0.1) is 0 Å². The fourth-order valence-electron chi connectivity index (χ4n) is 2.63. The van der Waals surface area contributed by atoms with Crippen LogP contribution in [0.15, 0.2) is 12.1 Å². The van der Waals surface area contributed by atoms with Crippen LogP contribution in [0.4, 0.5) is 10.1 Å². The minimum absolute atomic E-state index is 0.386. The fourth-order valence-corrected chi connectivity index (χ4v) is 3.33. The van der Waals surface area contributed by atoms with E-state index in [0.29, 0.717) is 16.1 Å². The Morgan fingerprint density at radius 2 is 1.89 bits per heavy atom. The van der Waals surface area contributed by atoms with Gasteiger partial charge in [-0.1, -0.05) is 23.2 Å². The first-order valence-electron chi connectivity index (χ1n) is 6.28. The van der Waals surface area contributed by atoms with Crippen LogP contribution in [0, 0.1) is 11.7 Å². The molecule has 1 atom stereocenters. The summed E-state index contributed by atoms with van der Waals surface area (Å²) in [5, 5.41) is 4.33. The lowest BCUT2D eigenvalue weighted by atomic mass is 10.1. The third-order valence-electron chi connectivity index (χ3n) is 3.69. The summed E-state index contributed by atoms with van der Waals surface area (Å²) >= 11 is 12.2. The molecule has 1 aliphatic heterocycles. The van der Waals surface area contributed by atoms with Crippen molar-refractivity contribution in [2.75, 3.05) is 24.5 Å². The van der Waals surface area contributed by atoms with Gasteiger partial charge in [0, 0.05) is 25.7 Å². The van der Waals surface area contributed by atoms with E-state index in [2.05, 4.69) is 10.2 Å². The molecule has 1 saturated heterocycles. The van der Waals surface area contributed by atoms with Gasteiger partial charge in [-0.05, 0) is 30.9 Å². The van der Waals surface area contributed by atoms with Gasteiger partial charge in [-0.3, -0.25) is 0 Å². The number of benzene rings is 1. The highest BCUT2D eigenvalue weighted by molar-refractivity contribution is 6.39. The van der Waals surface area contributed by atoms with Crippen molar-refractivity contribution in [3.63, 3.8) is 0 Å². The molecule has 0 aromatic heterocycles. The smallest absolute Gasteiger partial charge is 0.126 e. The summed E-state index contributed by atoms with van der Waals surface area (Å²) < 4.78 is 13.2. The van der Waals surface area contributed by atoms with Crippen LogP contribution in [0.3, 0.4) is 0 Å². The van der Waals surface area contributed by atoms with Crippen LogP contribution in [0.25, 0.3) is 0 Å². The van der Waals surface area contributed by atoms with Crippen molar-refractivity contribution < 1.29 is 4.39 Å². The van der Waals surface area contributed by atoms with Crippen molar-refractivity contribution >= 4 is 28.9 Å². The Kier molecular flexibility index (Phi) is 3.39. The highest BCUT2D eigenvalue weighted by Gasteiger charge is 2.34. The third-order valence-corrected chi connectivity index (χ3v) is 4.27. The molecular weight excluding hydrogens is 274 g/mol. The molecule has 1 heterocycles. The van der Waals surface area contributed by atoms with Crippen LogP contribution in [0.1, 0.15) is 12.8 Å². The zero-order chi connectivity index (χ0) is 12.7. The van der Waals surface area contributed by atoms with E-state index in [1.807, 2.05) is 0 Å². The Morgan fingerprint density at radius 1 is 1.22 bits per heavy atom. The zero-order valence-corrected chi connectivity index (χ0v) is 11.4. The summed E-state index contributed by atoms with van der Waals surface area (Å²) in [6.45, 7) is 2.68. The molecule has 0 spiro atoms. The molecule has 1 N–H and O–H groups in total. The standard InChI is InChI=1S/C13H15Cl2FN2/c14-10-5-9(16)6-11(15)13(10)18-4-3-17-12(7-18)8-1-2-8/h5-6,8,12,17H,1-4,7H2. The summed E-state index contributed by atoms with van der Waals surface area (Å²) in [5.74, 6) is 0.397. The van der Waals surface area contributed by atoms with E-state index < -0.39 is 0 Å². The summed E-state index contributed by atoms with van der Waals surface area (Å²) in [5.41, 5.74) is 0.770. The van der Waals surface area contributed by atoms with Crippen molar-refractivity contribution in [3.05, 3.63) is 28.0 Å². The number of nitrogens with zero attached hydrogens (tertiary/aromatic N) is 1. The first-order chi connectivity index (χ1) is 8.65. The Balaban J connectivity index is 1.85. The first-order valence-corrected chi connectivity index (χ1v) is 7.03. The molecule has 1 aromatic rings. The van der Waals surface area contributed by atoms with Gasteiger partial charge in [0.1, 0.15) is 5.82 Å². The minimum Gasteiger partial charge on any atom is -0.366 e. The average Bonchev–Trinajstić information content (AvgIpc) is 3.11. The van der Waals surface area contributed by atoms with Crippen molar-refractivity contribution in [2.24, 2.45) is 5.92 Å². The number of halogens is 3. The van der Waals surface area contributed by atoms with Gasteiger partial charge in [0.2, 0.25) is 0 Å². The second-order valence-corrected chi connectivity index (χ2v) is 5.88. The van der Waals surface area contributed by atoms with E-state index in [4.69, 9.17) is 23.2 Å². The Bertz CT molecular complexity index is 439. The third kappa shape index (κ3) is 2.44. The molecule has 1 saturated carbocycles. The number of hydrogen-bond donors (Lipinski definition) is 1. The SMILES string of the molecule is Fc1cc(Cl)c(N2CCNC(C3CC3)C2)c(Cl)c1. The zero-order valence-electron chi connectivity index (χ0n) is 9.93. The largest absolute Gasteiger partial charge is 0.366 e. The van der Waals surface area contributed by atoms with Crippen LogP contribution in [0.2, 0.25) is 10.0 Å². The Hall–Kier alpha value is -0.510. The quantitative estimate of drug-likeness (QED) is 0.898. The number of hydrogen-bond acceptors (Lipinski definition) is 2. The van der Waals surface area contributed by atoms with E-state index in [1.165, 1.54) is 25.0 Å². The Morgan fingerprint density at radius 3 is 2.50 bits per heavy atom. The van der Waals surface area contributed by atoms with Gasteiger partial charge in [-0.25, -0.2) is 4.39 Å². The molecule has 3 rings (SSSR count). The van der Waals surface area contributed by atoms with Crippen molar-refractivity contribution in [2.45, 2.75) is 18.9 Å². The molecule has 5 heteroatoms. The first kappa shape index (κ1) is 12.5. The number of rotatable bonds is 2. The molecule has 0 amide bonds. The van der Waals surface area contributed by atoms with Crippen molar-refractivity contribution in [3.8, 4) is 0 Å². The number of nitrogens with one attached hydrogen (secondary N) is 1. The predicted molar refractivity (Wildman–Crippen MR) is 73.1 cm³/mol. The normalized spacial score (nSPS) is 24.4. The van der Waals surface area contributed by atoms with Crippen LogP contribution in [0.5, 0.6) is 0 Å². The van der Waals surface area contributed by atoms with E-state index >= 15 is 0 Å². The lowest BCUT2D eigenvalue weighted by Crippen LogP contribution is -2.52. The van der Waals surface area contributed by atoms with Crippen molar-refractivity contribution in [1.29, 1.82) is 0 Å². The lowest BCUT2D eigenvalue weighted by Gasteiger charge is -2.36. The monoisotopic (exact) mass is 288 g/mol. The predicted octanol–water partition coefficient (Wildman–Crippen LogP) is 3.32. The van der Waals surface area contributed by atoms with Crippen molar-refractivity contribution in [1.82, 2.24) is 5.32 Å². The maximum Gasteiger partial charge on any atom is 0.126 e. The maximum absolute atomic E-state index is 13.2. The van der Waals surface area contributed by atoms with E-state index in [-0.39, 0.29) is 5.82 Å². The number of piperazine rings is 1. The Labute approximate surface area is 116 Å². The summed E-state index contributed by atoms with van der Waals surface area (Å²) in [6, 6.07) is 3.17. The molecule has 1 aromatic carbocycles. The molecule has 2 fully saturated rings. The molecular formula is C13H15Cl2FN2. The average molecular weight is 289 g/mol. The summed E-state index contributed by atoms with van der Waals surface area (Å²) in [7, 11) is 0. The maximum atomic E-state index is 13.2. The molecule has 98 valence electrons. The summed E-state index contributed by atoms with van der Waals surface area (Å²) in [4.78, 5) is 2.17. The summed E-state index contributed by atoms with van der Waals surface area (Å²) in [6.07, 6.45) is 2.60. The second-order valence-electron chi connectivity index (χ2n) is 5.06. The highest BCUT2D eigenvalue weighted by Crippen LogP contribution is 2.38. The highest BCUT2D eigenvalue weighted by atomic mass is 35.5. The second kappa shape index (κ2) is 4.87. The van der Waals surface area contributed by atoms with Gasteiger partial charge >= 0.3 is 0 Å². The van der Waals surface area contributed by atoms with Crippen LogP contribution >= 0.6 is 23.2 Å². The molecule has 1 aliphatic carbocycles. The molecule has 1 unspecified atom stereocenters. The molecule has 2 nitrogen and oxygen atoms in total. The van der Waals surface area contributed by atoms with Gasteiger partial charge in [0.25, 0.3) is 0 Å². The molecule has 2 aliphatic rings. The number of anilines is 1. The van der Waals surface area contributed by atoms with Gasteiger partial charge in [0.15, 0.2) is 0 Å². The fraction of sp³-hybridized carbons (Fsp3) is 0.538. The van der Waals surface area contributed by atoms with Gasteiger partial charge in [0.05, 0.1) is 15.7 Å². The van der Waals surface area contributed by atoms with Crippen LogP contribution < -0.4 is 10.2 Å². The molecule has 0 radical (unpaired) electrons.